The van der Waals surface area contributed by atoms with Crippen LogP contribution >= 0.6 is 0 Å². The molecule has 0 radical (unpaired) electrons. The van der Waals surface area contributed by atoms with E-state index in [1.54, 1.807) is 0 Å². The summed E-state index contributed by atoms with van der Waals surface area (Å²) < 4.78 is 10.7. The van der Waals surface area contributed by atoms with E-state index in [1.165, 1.54) is 6.42 Å². The summed E-state index contributed by atoms with van der Waals surface area (Å²) in [7, 11) is 0. The topological polar surface area (TPSA) is 21.7 Å². The molecule has 0 spiro atoms. The molecule has 0 aliphatic rings. The van der Waals surface area contributed by atoms with Crippen molar-refractivity contribution >= 4 is 0 Å². The summed E-state index contributed by atoms with van der Waals surface area (Å²) in [6, 6.07) is 0. The van der Waals surface area contributed by atoms with Crippen LogP contribution in [0.15, 0.2) is 0 Å². The number of rotatable bonds is 10. The normalized spacial score (nSPS) is 11.1. The average Bonchev–Trinajstić information content (AvgIpc) is 2.18. The Kier molecular flexibility index (Phi) is 10.9. The molecule has 0 bridgehead atoms. The fourth-order valence-electron chi connectivity index (χ4n) is 1.33. The monoisotopic (exact) mass is 203 g/mol. The minimum atomic E-state index is 0.811. The number of hydrogen-bond donors (Lipinski definition) is 0. The fraction of sp³-hybridized carbons (Fsp3) is 1.00. The summed E-state index contributed by atoms with van der Waals surface area (Å²) in [4.78, 5) is 2.39. The van der Waals surface area contributed by atoms with E-state index < -0.39 is 0 Å². The van der Waals surface area contributed by atoms with Crippen LogP contribution in [-0.4, -0.2) is 51.0 Å². The molecule has 0 aliphatic heterocycles. The standard InChI is InChI=1S/C11H25NO2/c1-4-7-12(8-10-13-5-2)9-11-14-6-3/h4-11H2,1-3H3. The maximum absolute atomic E-state index is 5.33. The molecule has 0 amide bonds. The Labute approximate surface area is 88.4 Å². The van der Waals surface area contributed by atoms with Crippen molar-refractivity contribution in [2.75, 3.05) is 46.1 Å². The molecule has 3 heteroatoms. The van der Waals surface area contributed by atoms with Gasteiger partial charge in [-0.05, 0) is 26.8 Å². The van der Waals surface area contributed by atoms with Crippen molar-refractivity contribution in [3.05, 3.63) is 0 Å². The molecule has 0 saturated carbocycles. The molecule has 0 rings (SSSR count). The van der Waals surface area contributed by atoms with Crippen molar-refractivity contribution in [1.82, 2.24) is 4.90 Å². The Morgan fingerprint density at radius 1 is 0.786 bits per heavy atom. The zero-order valence-corrected chi connectivity index (χ0v) is 9.92. The van der Waals surface area contributed by atoms with Crippen LogP contribution in [-0.2, 0) is 9.47 Å². The van der Waals surface area contributed by atoms with Gasteiger partial charge in [-0.3, -0.25) is 4.90 Å². The van der Waals surface area contributed by atoms with Crippen LogP contribution in [0.2, 0.25) is 0 Å². The van der Waals surface area contributed by atoms with Crippen LogP contribution in [0.5, 0.6) is 0 Å². The molecule has 0 unspecified atom stereocenters. The highest BCUT2D eigenvalue weighted by Crippen LogP contribution is 1.92. The van der Waals surface area contributed by atoms with Gasteiger partial charge in [-0.1, -0.05) is 6.92 Å². The maximum Gasteiger partial charge on any atom is 0.0593 e. The van der Waals surface area contributed by atoms with Gasteiger partial charge in [0, 0.05) is 26.3 Å². The number of hydrogen-bond acceptors (Lipinski definition) is 3. The summed E-state index contributed by atoms with van der Waals surface area (Å²) in [5.41, 5.74) is 0. The smallest absolute Gasteiger partial charge is 0.0593 e. The second kappa shape index (κ2) is 11.0. The van der Waals surface area contributed by atoms with Gasteiger partial charge in [0.05, 0.1) is 13.2 Å². The van der Waals surface area contributed by atoms with E-state index in [1.807, 2.05) is 13.8 Å². The van der Waals surface area contributed by atoms with Crippen molar-refractivity contribution in [2.24, 2.45) is 0 Å². The van der Waals surface area contributed by atoms with Crippen LogP contribution in [0.25, 0.3) is 0 Å². The predicted octanol–water partition coefficient (Wildman–Crippen LogP) is 1.77. The third-order valence-corrected chi connectivity index (χ3v) is 2.05. The van der Waals surface area contributed by atoms with E-state index in [4.69, 9.17) is 9.47 Å². The van der Waals surface area contributed by atoms with E-state index in [0.717, 1.165) is 46.1 Å². The molecule has 14 heavy (non-hydrogen) atoms. The van der Waals surface area contributed by atoms with Gasteiger partial charge < -0.3 is 9.47 Å². The Bertz CT molecular complexity index is 99.5. The predicted molar refractivity (Wildman–Crippen MR) is 59.7 cm³/mol. The first-order valence-corrected chi connectivity index (χ1v) is 5.72. The molecule has 0 aromatic rings. The van der Waals surface area contributed by atoms with Gasteiger partial charge in [-0.2, -0.15) is 0 Å². The molecule has 86 valence electrons. The van der Waals surface area contributed by atoms with Gasteiger partial charge in [0.2, 0.25) is 0 Å². The van der Waals surface area contributed by atoms with Crippen molar-refractivity contribution in [2.45, 2.75) is 27.2 Å². The molecular formula is C11H25NO2. The first-order valence-electron chi connectivity index (χ1n) is 5.72. The van der Waals surface area contributed by atoms with Crippen molar-refractivity contribution < 1.29 is 9.47 Å². The molecule has 0 aromatic heterocycles. The van der Waals surface area contributed by atoms with Gasteiger partial charge in [-0.25, -0.2) is 0 Å². The summed E-state index contributed by atoms with van der Waals surface area (Å²) in [5, 5.41) is 0. The minimum Gasteiger partial charge on any atom is -0.380 e. The van der Waals surface area contributed by atoms with Crippen LogP contribution < -0.4 is 0 Å². The molecular weight excluding hydrogens is 178 g/mol. The fourth-order valence-corrected chi connectivity index (χ4v) is 1.33. The first-order chi connectivity index (χ1) is 6.85. The average molecular weight is 203 g/mol. The summed E-state index contributed by atoms with van der Waals surface area (Å²) in [6.07, 6.45) is 1.19. The number of nitrogens with zero attached hydrogens (tertiary/aromatic N) is 1. The van der Waals surface area contributed by atoms with E-state index in [9.17, 15) is 0 Å². The summed E-state index contributed by atoms with van der Waals surface area (Å²) in [5.74, 6) is 0. The van der Waals surface area contributed by atoms with Gasteiger partial charge >= 0.3 is 0 Å². The SMILES string of the molecule is CCCN(CCOCC)CCOCC. The second-order valence-electron chi connectivity index (χ2n) is 3.24. The van der Waals surface area contributed by atoms with Crippen LogP contribution in [0.4, 0.5) is 0 Å². The Morgan fingerprint density at radius 3 is 1.64 bits per heavy atom. The van der Waals surface area contributed by atoms with Crippen LogP contribution in [0, 0.1) is 0 Å². The number of ether oxygens (including phenoxy) is 2. The summed E-state index contributed by atoms with van der Waals surface area (Å²) >= 11 is 0. The highest BCUT2D eigenvalue weighted by molar-refractivity contribution is 4.55. The summed E-state index contributed by atoms with van der Waals surface area (Å²) in [6.45, 7) is 12.7. The quantitative estimate of drug-likeness (QED) is 0.505. The Hall–Kier alpha value is -0.120. The van der Waals surface area contributed by atoms with Gasteiger partial charge in [0.1, 0.15) is 0 Å². The van der Waals surface area contributed by atoms with Crippen molar-refractivity contribution in [1.29, 1.82) is 0 Å². The van der Waals surface area contributed by atoms with E-state index >= 15 is 0 Å². The molecule has 3 nitrogen and oxygen atoms in total. The third-order valence-electron chi connectivity index (χ3n) is 2.05. The molecule has 0 aromatic carbocycles. The largest absolute Gasteiger partial charge is 0.380 e. The minimum absolute atomic E-state index is 0.811. The molecule has 0 saturated heterocycles. The van der Waals surface area contributed by atoms with Gasteiger partial charge in [0.25, 0.3) is 0 Å². The lowest BCUT2D eigenvalue weighted by molar-refractivity contribution is 0.0829. The highest BCUT2D eigenvalue weighted by atomic mass is 16.5. The lowest BCUT2D eigenvalue weighted by Gasteiger charge is -2.21. The lowest BCUT2D eigenvalue weighted by Crippen LogP contribution is -2.31. The molecule has 0 heterocycles. The van der Waals surface area contributed by atoms with Crippen molar-refractivity contribution in [3.8, 4) is 0 Å². The maximum atomic E-state index is 5.33. The van der Waals surface area contributed by atoms with E-state index in [-0.39, 0.29) is 0 Å². The lowest BCUT2D eigenvalue weighted by atomic mass is 10.4. The van der Waals surface area contributed by atoms with Gasteiger partial charge in [-0.15, -0.1) is 0 Å². The Balaban J connectivity index is 3.44. The molecule has 0 fully saturated rings. The zero-order chi connectivity index (χ0) is 10.6. The molecule has 0 atom stereocenters. The third kappa shape index (κ3) is 8.48. The van der Waals surface area contributed by atoms with Crippen LogP contribution in [0.1, 0.15) is 27.2 Å². The molecule has 0 aliphatic carbocycles. The van der Waals surface area contributed by atoms with E-state index in [2.05, 4.69) is 11.8 Å². The zero-order valence-electron chi connectivity index (χ0n) is 9.92. The van der Waals surface area contributed by atoms with E-state index in [0.29, 0.717) is 0 Å². The van der Waals surface area contributed by atoms with Gasteiger partial charge in [0.15, 0.2) is 0 Å². The highest BCUT2D eigenvalue weighted by Gasteiger charge is 2.02. The van der Waals surface area contributed by atoms with Crippen LogP contribution in [0.3, 0.4) is 0 Å². The second-order valence-corrected chi connectivity index (χ2v) is 3.24. The first kappa shape index (κ1) is 13.9. The Morgan fingerprint density at radius 2 is 1.29 bits per heavy atom. The molecule has 0 N–H and O–H groups in total. The van der Waals surface area contributed by atoms with Crippen molar-refractivity contribution in [3.63, 3.8) is 0 Å².